The molecule has 3 nitrogen and oxygen atoms in total. The molecular formula is C15H23NO2. The molecule has 0 aliphatic rings. The molecule has 0 spiro atoms. The highest BCUT2D eigenvalue weighted by Crippen LogP contribution is 2.20. The molecule has 0 radical (unpaired) electrons. The molecule has 1 aromatic rings. The smallest absolute Gasteiger partial charge is 0.340 e. The quantitative estimate of drug-likeness (QED) is 0.808. The monoisotopic (exact) mass is 249 g/mol. The van der Waals surface area contributed by atoms with Crippen LogP contribution in [0.4, 0.5) is 5.69 Å². The zero-order valence-corrected chi connectivity index (χ0v) is 11.7. The third-order valence-corrected chi connectivity index (χ3v) is 2.61. The van der Waals surface area contributed by atoms with Gasteiger partial charge in [-0.1, -0.05) is 32.9 Å². The Kier molecular flexibility index (Phi) is 5.20. The predicted molar refractivity (Wildman–Crippen MR) is 75.0 cm³/mol. The maximum atomic E-state index is 11.8. The second-order valence-corrected chi connectivity index (χ2v) is 5.50. The van der Waals surface area contributed by atoms with Gasteiger partial charge in [0.15, 0.2) is 0 Å². The van der Waals surface area contributed by atoms with Gasteiger partial charge in [0.2, 0.25) is 0 Å². The molecule has 0 amide bonds. The number of hydrogen-bond donors (Lipinski definition) is 1. The number of carbonyl (C=O) groups is 1. The highest BCUT2D eigenvalue weighted by atomic mass is 16.5. The van der Waals surface area contributed by atoms with Crippen molar-refractivity contribution in [1.82, 2.24) is 0 Å². The first-order chi connectivity index (χ1) is 8.44. The molecule has 0 heterocycles. The van der Waals surface area contributed by atoms with Crippen LogP contribution in [0.1, 0.15) is 44.5 Å². The van der Waals surface area contributed by atoms with E-state index in [0.717, 1.165) is 18.7 Å². The van der Waals surface area contributed by atoms with Crippen molar-refractivity contribution >= 4 is 11.7 Å². The number of nitrogens with one attached hydrogen (secondary N) is 1. The molecule has 0 saturated carbocycles. The summed E-state index contributed by atoms with van der Waals surface area (Å²) in [5.41, 5.74) is 1.74. The van der Waals surface area contributed by atoms with Crippen LogP contribution in [0.3, 0.4) is 0 Å². The summed E-state index contributed by atoms with van der Waals surface area (Å²) in [6.07, 6.45) is 1.05. The number of benzene rings is 1. The molecule has 3 heteroatoms. The Morgan fingerprint density at radius 1 is 1.28 bits per heavy atom. The molecule has 0 bridgehead atoms. The van der Waals surface area contributed by atoms with Gasteiger partial charge in [0.05, 0.1) is 12.2 Å². The maximum Gasteiger partial charge on any atom is 0.340 e. The number of esters is 1. The largest absolute Gasteiger partial charge is 0.462 e. The molecule has 0 unspecified atom stereocenters. The van der Waals surface area contributed by atoms with Gasteiger partial charge in [-0.3, -0.25) is 0 Å². The molecule has 0 fully saturated rings. The molecule has 0 atom stereocenters. The number of carbonyl (C=O) groups excluding carboxylic acids is 1. The molecule has 1 N–H and O–H groups in total. The number of ether oxygens (including phenoxy) is 1. The van der Waals surface area contributed by atoms with Crippen molar-refractivity contribution in [3.05, 3.63) is 29.8 Å². The van der Waals surface area contributed by atoms with Crippen LogP contribution in [0.2, 0.25) is 0 Å². The highest BCUT2D eigenvalue weighted by Gasteiger charge is 2.13. The fourth-order valence-electron chi connectivity index (χ4n) is 1.60. The summed E-state index contributed by atoms with van der Waals surface area (Å²) in [6.45, 7) is 9.66. The third kappa shape index (κ3) is 4.78. The third-order valence-electron chi connectivity index (χ3n) is 2.61. The summed E-state index contributed by atoms with van der Waals surface area (Å²) in [6, 6.07) is 7.47. The maximum absolute atomic E-state index is 11.8. The van der Waals surface area contributed by atoms with Crippen LogP contribution in [0.15, 0.2) is 24.3 Å². The van der Waals surface area contributed by atoms with Gasteiger partial charge in [-0.25, -0.2) is 4.79 Å². The Hall–Kier alpha value is -1.51. The van der Waals surface area contributed by atoms with Crippen molar-refractivity contribution in [2.45, 2.75) is 34.1 Å². The molecule has 100 valence electrons. The van der Waals surface area contributed by atoms with E-state index in [2.05, 4.69) is 26.1 Å². The van der Waals surface area contributed by atoms with Gasteiger partial charge < -0.3 is 10.1 Å². The second-order valence-electron chi connectivity index (χ2n) is 5.50. The summed E-state index contributed by atoms with van der Waals surface area (Å²) in [5, 5.41) is 3.31. The van der Waals surface area contributed by atoms with E-state index < -0.39 is 0 Å². The zero-order valence-electron chi connectivity index (χ0n) is 11.7. The minimum atomic E-state index is -0.267. The number of para-hydroxylation sites is 1. The average molecular weight is 249 g/mol. The van der Waals surface area contributed by atoms with Crippen LogP contribution >= 0.6 is 0 Å². The lowest BCUT2D eigenvalue weighted by Crippen LogP contribution is -2.15. The standard InChI is InChI=1S/C15H23NO2/c1-5-18-14(17)12-8-6-7-9-13(12)16-11-10-15(2,3)4/h6-9,16H,5,10-11H2,1-4H3. The molecular weight excluding hydrogens is 226 g/mol. The van der Waals surface area contributed by atoms with Crippen LogP contribution in [0.5, 0.6) is 0 Å². The van der Waals surface area contributed by atoms with Crippen LogP contribution in [-0.4, -0.2) is 19.1 Å². The van der Waals surface area contributed by atoms with E-state index in [1.165, 1.54) is 0 Å². The molecule has 0 saturated heterocycles. The molecule has 1 aromatic carbocycles. The first kappa shape index (κ1) is 14.6. The summed E-state index contributed by atoms with van der Waals surface area (Å²) in [4.78, 5) is 11.8. The van der Waals surface area contributed by atoms with E-state index in [1.807, 2.05) is 25.1 Å². The van der Waals surface area contributed by atoms with Crippen molar-refractivity contribution in [2.24, 2.45) is 5.41 Å². The summed E-state index contributed by atoms with van der Waals surface area (Å²) >= 11 is 0. The van der Waals surface area contributed by atoms with Crippen molar-refractivity contribution in [3.8, 4) is 0 Å². The number of hydrogen-bond acceptors (Lipinski definition) is 3. The SMILES string of the molecule is CCOC(=O)c1ccccc1NCCC(C)(C)C. The number of rotatable bonds is 5. The zero-order chi connectivity index (χ0) is 13.6. The summed E-state index contributed by atoms with van der Waals surface area (Å²) in [7, 11) is 0. The Balaban J connectivity index is 2.68. The van der Waals surface area contributed by atoms with Gasteiger partial charge in [0.1, 0.15) is 0 Å². The number of anilines is 1. The Morgan fingerprint density at radius 3 is 2.56 bits per heavy atom. The highest BCUT2D eigenvalue weighted by molar-refractivity contribution is 5.95. The van der Waals surface area contributed by atoms with Gasteiger partial charge >= 0.3 is 5.97 Å². The minimum absolute atomic E-state index is 0.267. The van der Waals surface area contributed by atoms with Crippen LogP contribution in [0.25, 0.3) is 0 Å². The minimum Gasteiger partial charge on any atom is -0.462 e. The first-order valence-corrected chi connectivity index (χ1v) is 6.44. The van der Waals surface area contributed by atoms with Crippen molar-refractivity contribution in [2.75, 3.05) is 18.5 Å². The molecule has 0 aromatic heterocycles. The van der Waals surface area contributed by atoms with E-state index in [4.69, 9.17) is 4.74 Å². The first-order valence-electron chi connectivity index (χ1n) is 6.44. The predicted octanol–water partition coefficient (Wildman–Crippen LogP) is 3.71. The lowest BCUT2D eigenvalue weighted by Gasteiger charge is -2.19. The van der Waals surface area contributed by atoms with E-state index in [1.54, 1.807) is 6.07 Å². The Morgan fingerprint density at radius 2 is 1.94 bits per heavy atom. The van der Waals surface area contributed by atoms with Gasteiger partial charge in [0.25, 0.3) is 0 Å². The van der Waals surface area contributed by atoms with Gasteiger partial charge in [-0.05, 0) is 30.9 Å². The normalized spacial score (nSPS) is 11.1. The summed E-state index contributed by atoms with van der Waals surface area (Å²) in [5.74, 6) is -0.267. The second kappa shape index (κ2) is 6.43. The van der Waals surface area contributed by atoms with E-state index in [0.29, 0.717) is 12.2 Å². The topological polar surface area (TPSA) is 38.3 Å². The fourth-order valence-corrected chi connectivity index (χ4v) is 1.60. The fraction of sp³-hybridized carbons (Fsp3) is 0.533. The van der Waals surface area contributed by atoms with Crippen LogP contribution in [0, 0.1) is 5.41 Å². The van der Waals surface area contributed by atoms with Crippen LogP contribution in [-0.2, 0) is 4.74 Å². The van der Waals surface area contributed by atoms with Gasteiger partial charge in [-0.2, -0.15) is 0 Å². The van der Waals surface area contributed by atoms with Gasteiger partial charge in [-0.15, -0.1) is 0 Å². The molecule has 1 rings (SSSR count). The Bertz CT molecular complexity index is 394. The van der Waals surface area contributed by atoms with E-state index in [-0.39, 0.29) is 11.4 Å². The van der Waals surface area contributed by atoms with Crippen molar-refractivity contribution in [1.29, 1.82) is 0 Å². The summed E-state index contributed by atoms with van der Waals surface area (Å²) < 4.78 is 5.04. The van der Waals surface area contributed by atoms with Gasteiger partial charge in [0, 0.05) is 12.2 Å². The lowest BCUT2D eigenvalue weighted by molar-refractivity contribution is 0.0527. The molecule has 0 aliphatic heterocycles. The molecule has 0 aliphatic carbocycles. The van der Waals surface area contributed by atoms with Crippen LogP contribution < -0.4 is 5.32 Å². The van der Waals surface area contributed by atoms with E-state index >= 15 is 0 Å². The Labute approximate surface area is 110 Å². The molecule has 18 heavy (non-hydrogen) atoms. The van der Waals surface area contributed by atoms with Crippen molar-refractivity contribution < 1.29 is 9.53 Å². The lowest BCUT2D eigenvalue weighted by atomic mass is 9.92. The van der Waals surface area contributed by atoms with Crippen molar-refractivity contribution in [3.63, 3.8) is 0 Å². The average Bonchev–Trinajstić information content (AvgIpc) is 2.28. The van der Waals surface area contributed by atoms with E-state index in [9.17, 15) is 4.79 Å².